The van der Waals surface area contributed by atoms with E-state index < -0.39 is 0 Å². The highest BCUT2D eigenvalue weighted by molar-refractivity contribution is 5.72. The number of unbranched alkanes of at least 4 members (excludes halogenated alkanes) is 17. The van der Waals surface area contributed by atoms with Crippen LogP contribution in [-0.2, 0) is 16.0 Å². The number of carbonyl (C=O) groups is 2. The fourth-order valence-electron chi connectivity index (χ4n) is 4.93. The summed E-state index contributed by atoms with van der Waals surface area (Å²) in [6.07, 6.45) is 31.9. The molecule has 6 heteroatoms. The Morgan fingerprint density at radius 2 is 1.14 bits per heavy atom. The van der Waals surface area contributed by atoms with E-state index in [0.29, 0.717) is 19.5 Å². The third-order valence-electron chi connectivity index (χ3n) is 7.53. The van der Waals surface area contributed by atoms with Gasteiger partial charge in [-0.3, -0.25) is 4.79 Å². The van der Waals surface area contributed by atoms with Gasteiger partial charge >= 0.3 is 5.97 Å². The van der Waals surface area contributed by atoms with Gasteiger partial charge in [0, 0.05) is 32.6 Å². The van der Waals surface area contributed by atoms with Gasteiger partial charge in [-0.15, -0.1) is 0 Å². The van der Waals surface area contributed by atoms with Crippen molar-refractivity contribution in [2.45, 2.75) is 155 Å². The van der Waals surface area contributed by atoms with Crippen LogP contribution in [0.25, 0.3) is 0 Å². The molecule has 0 radical (unpaired) electrons. The number of rotatable bonds is 28. The van der Waals surface area contributed by atoms with Gasteiger partial charge in [-0.25, -0.2) is 0 Å². The first-order valence-electron chi connectivity index (χ1n) is 18.0. The minimum absolute atomic E-state index is 0.0744. The smallest absolute Gasteiger partial charge is 0.311 e. The maximum atomic E-state index is 12.3. The molecule has 256 valence electrons. The molecule has 1 aromatic carbocycles. The molecule has 0 heterocycles. The summed E-state index contributed by atoms with van der Waals surface area (Å²) in [7, 11) is 0. The van der Waals surface area contributed by atoms with Crippen LogP contribution in [0.2, 0.25) is 0 Å². The van der Waals surface area contributed by atoms with Crippen molar-refractivity contribution in [2.75, 3.05) is 26.2 Å². The number of nitrogens with one attached hydrogen (secondary N) is 1. The van der Waals surface area contributed by atoms with E-state index in [2.05, 4.69) is 43.4 Å². The van der Waals surface area contributed by atoms with E-state index in [1.54, 1.807) is 0 Å². The third-order valence-corrected chi connectivity index (χ3v) is 7.53. The molecule has 0 atom stereocenters. The van der Waals surface area contributed by atoms with E-state index in [9.17, 15) is 4.79 Å². The van der Waals surface area contributed by atoms with Crippen molar-refractivity contribution in [3.05, 3.63) is 42.0 Å². The van der Waals surface area contributed by atoms with Gasteiger partial charge in [-0.05, 0) is 56.6 Å². The lowest BCUT2D eigenvalue weighted by atomic mass is 10.0. The first-order valence-corrected chi connectivity index (χ1v) is 18.0. The van der Waals surface area contributed by atoms with Gasteiger partial charge < -0.3 is 26.3 Å². The Morgan fingerprint density at radius 3 is 1.66 bits per heavy atom. The lowest BCUT2D eigenvalue weighted by Gasteiger charge is -2.10. The lowest BCUT2D eigenvalue weighted by molar-refractivity contribution is -0.134. The average molecular weight is 618 g/mol. The molecular weight excluding hydrogens is 546 g/mol. The standard InChI is InChI=1S/C33H56O2.C4H13N3.CH2O/c1-3-5-7-9-11-12-13-14-15-16-17-18-20-22-24-30-33(34)35-32-29-26-25-28-31(32)27-23-21-19-10-8-6-4-2;5-1-3-7-4-2-6;1-2/h14-15,25-26,28-29H,3-13,16-24,27,30H2,1-2H3;7H,1-6H2;1H2/b15-14-;;. The van der Waals surface area contributed by atoms with E-state index >= 15 is 0 Å². The van der Waals surface area contributed by atoms with Crippen LogP contribution in [0.3, 0.4) is 0 Å². The van der Waals surface area contributed by atoms with E-state index in [4.69, 9.17) is 21.0 Å². The molecule has 0 saturated heterocycles. The Morgan fingerprint density at radius 1 is 0.682 bits per heavy atom. The summed E-state index contributed by atoms with van der Waals surface area (Å²) in [6, 6.07) is 8.09. The fourth-order valence-corrected chi connectivity index (χ4v) is 4.93. The molecule has 0 aliphatic rings. The molecule has 1 rings (SSSR count). The van der Waals surface area contributed by atoms with Gasteiger partial charge in [-0.2, -0.15) is 0 Å². The molecule has 0 aliphatic heterocycles. The number of para-hydroxylation sites is 1. The van der Waals surface area contributed by atoms with Crippen molar-refractivity contribution in [2.24, 2.45) is 11.5 Å². The number of aryl methyl sites for hydroxylation is 1. The Hall–Kier alpha value is -2.02. The van der Waals surface area contributed by atoms with E-state index in [0.717, 1.165) is 38.1 Å². The van der Waals surface area contributed by atoms with E-state index in [1.165, 1.54) is 121 Å². The molecule has 0 amide bonds. The normalized spacial score (nSPS) is 10.6. The minimum atomic E-state index is -0.0744. The topological polar surface area (TPSA) is 107 Å². The third kappa shape index (κ3) is 32.9. The van der Waals surface area contributed by atoms with Gasteiger partial charge in [0.15, 0.2) is 0 Å². The molecular formula is C38H71N3O3. The van der Waals surface area contributed by atoms with Crippen molar-refractivity contribution in [3.63, 3.8) is 0 Å². The van der Waals surface area contributed by atoms with Crippen LogP contribution >= 0.6 is 0 Å². The monoisotopic (exact) mass is 618 g/mol. The lowest BCUT2D eigenvalue weighted by Crippen LogP contribution is -2.27. The molecule has 0 aliphatic carbocycles. The van der Waals surface area contributed by atoms with Gasteiger partial charge in [-0.1, -0.05) is 134 Å². The first-order chi connectivity index (χ1) is 21.7. The van der Waals surface area contributed by atoms with Gasteiger partial charge in [0.1, 0.15) is 12.5 Å². The number of carbonyl (C=O) groups excluding carboxylic acids is 2. The maximum absolute atomic E-state index is 12.3. The number of nitrogens with two attached hydrogens (primary N) is 2. The Balaban J connectivity index is 0. The molecule has 0 fully saturated rings. The van der Waals surface area contributed by atoms with E-state index in [-0.39, 0.29) is 5.97 Å². The number of ether oxygens (including phenoxy) is 1. The van der Waals surface area contributed by atoms with Crippen LogP contribution in [0.1, 0.15) is 154 Å². The predicted octanol–water partition coefficient (Wildman–Crippen LogP) is 9.23. The second kappa shape index (κ2) is 39.0. The van der Waals surface area contributed by atoms with Crippen LogP contribution in [0.5, 0.6) is 5.75 Å². The molecule has 0 spiro atoms. The SMILES string of the molecule is C=O.CCCCCCCC/C=C\CCCCCCCC(=O)Oc1ccccc1CCCCCCCCC.NCCNCCN. The van der Waals surface area contributed by atoms with Crippen molar-refractivity contribution < 1.29 is 14.3 Å². The van der Waals surface area contributed by atoms with Crippen LogP contribution in [0, 0.1) is 0 Å². The summed E-state index contributed by atoms with van der Waals surface area (Å²) in [4.78, 5) is 20.3. The summed E-state index contributed by atoms with van der Waals surface area (Å²) in [5, 5.41) is 3.03. The Bertz CT molecular complexity index is 738. The second-order valence-corrected chi connectivity index (χ2v) is 11.6. The highest BCUT2D eigenvalue weighted by atomic mass is 16.5. The van der Waals surface area contributed by atoms with Crippen LogP contribution < -0.4 is 21.5 Å². The maximum Gasteiger partial charge on any atom is 0.311 e. The molecule has 0 aromatic heterocycles. The van der Waals surface area contributed by atoms with Crippen molar-refractivity contribution in [1.82, 2.24) is 5.32 Å². The average Bonchev–Trinajstić information content (AvgIpc) is 3.04. The fraction of sp³-hybridized carbons (Fsp3) is 0.737. The predicted molar refractivity (Wildman–Crippen MR) is 191 cm³/mol. The largest absolute Gasteiger partial charge is 0.426 e. The minimum Gasteiger partial charge on any atom is -0.426 e. The van der Waals surface area contributed by atoms with Gasteiger partial charge in [0.25, 0.3) is 0 Å². The number of allylic oxidation sites excluding steroid dienone is 2. The van der Waals surface area contributed by atoms with Gasteiger partial charge in [0.05, 0.1) is 0 Å². The zero-order chi connectivity index (χ0) is 32.8. The molecule has 6 nitrogen and oxygen atoms in total. The number of benzene rings is 1. The Kier molecular flexibility index (Phi) is 39.1. The molecule has 1 aromatic rings. The second-order valence-electron chi connectivity index (χ2n) is 11.6. The zero-order valence-electron chi connectivity index (χ0n) is 28.9. The van der Waals surface area contributed by atoms with Crippen LogP contribution in [0.4, 0.5) is 0 Å². The quantitative estimate of drug-likeness (QED) is 0.0374. The van der Waals surface area contributed by atoms with Crippen molar-refractivity contribution in [3.8, 4) is 5.75 Å². The summed E-state index contributed by atoms with van der Waals surface area (Å²) >= 11 is 0. The van der Waals surface area contributed by atoms with Crippen LogP contribution in [-0.4, -0.2) is 38.9 Å². The zero-order valence-corrected chi connectivity index (χ0v) is 28.9. The Labute approximate surface area is 272 Å². The summed E-state index contributed by atoms with van der Waals surface area (Å²) in [5.74, 6) is 0.700. The molecule has 0 saturated carbocycles. The summed E-state index contributed by atoms with van der Waals surface area (Å²) in [5.41, 5.74) is 11.5. The van der Waals surface area contributed by atoms with Gasteiger partial charge in [0.2, 0.25) is 0 Å². The van der Waals surface area contributed by atoms with E-state index in [1.807, 2.05) is 18.9 Å². The summed E-state index contributed by atoms with van der Waals surface area (Å²) in [6.45, 7) is 9.67. The molecule has 5 N–H and O–H groups in total. The first kappa shape index (κ1) is 44.1. The highest BCUT2D eigenvalue weighted by Crippen LogP contribution is 2.22. The molecule has 0 bridgehead atoms. The summed E-state index contributed by atoms with van der Waals surface area (Å²) < 4.78 is 5.73. The van der Waals surface area contributed by atoms with Crippen molar-refractivity contribution in [1.29, 1.82) is 0 Å². The van der Waals surface area contributed by atoms with Crippen LogP contribution in [0.15, 0.2) is 36.4 Å². The van der Waals surface area contributed by atoms with Crippen molar-refractivity contribution >= 4 is 12.8 Å². The highest BCUT2D eigenvalue weighted by Gasteiger charge is 2.09. The number of hydrogen-bond acceptors (Lipinski definition) is 6. The number of hydrogen-bond donors (Lipinski definition) is 3. The molecule has 44 heavy (non-hydrogen) atoms. The number of esters is 1. The molecule has 0 unspecified atom stereocenters.